The minimum absolute atomic E-state index is 0.203. The summed E-state index contributed by atoms with van der Waals surface area (Å²) in [6.07, 6.45) is -2.92. The number of nitrogens with zero attached hydrogens (tertiary/aromatic N) is 4. The van der Waals surface area contributed by atoms with Gasteiger partial charge in [-0.1, -0.05) is 29.8 Å². The Morgan fingerprint density at radius 2 is 1.85 bits per heavy atom. The third kappa shape index (κ3) is 3.93. The molecule has 0 aliphatic heterocycles. The molecule has 0 aliphatic carbocycles. The highest BCUT2D eigenvalue weighted by Crippen LogP contribution is 2.28. The second kappa shape index (κ2) is 6.66. The van der Waals surface area contributed by atoms with Gasteiger partial charge in [-0.3, -0.25) is 14.2 Å². The molecule has 0 unspecified atom stereocenters. The van der Waals surface area contributed by atoms with E-state index in [9.17, 15) is 18.0 Å². The minimum Gasteiger partial charge on any atom is -0.304 e. The lowest BCUT2D eigenvalue weighted by Crippen LogP contribution is -2.16. The van der Waals surface area contributed by atoms with Gasteiger partial charge in [-0.15, -0.1) is 0 Å². The summed E-state index contributed by atoms with van der Waals surface area (Å²) in [5, 5.41) is 10.0. The van der Waals surface area contributed by atoms with Gasteiger partial charge in [0, 0.05) is 25.4 Å². The number of alkyl halides is 3. The van der Waals surface area contributed by atoms with E-state index in [4.69, 9.17) is 0 Å². The molecule has 0 saturated carbocycles. The number of hydrogen-bond donors (Lipinski definition) is 1. The molecule has 0 saturated heterocycles. The molecule has 136 valence electrons. The molecule has 3 aromatic rings. The number of aromatic nitrogens is 4. The molecule has 0 spiro atoms. The highest BCUT2D eigenvalue weighted by molar-refractivity contribution is 6.02. The largest absolute Gasteiger partial charge is 0.435 e. The monoisotopic (exact) mass is 363 g/mol. The molecule has 0 bridgehead atoms. The SMILES string of the molecule is Cc1ccc(Cn2ccc(NC(=O)c3cc(C(F)(F)F)nn3C)n2)cc1. The number of benzene rings is 1. The zero-order chi connectivity index (χ0) is 18.9. The standard InChI is InChI=1S/C17H16F3N5O/c1-11-3-5-12(6-4-11)10-25-8-7-15(23-25)21-16(26)13-9-14(17(18,19)20)22-24(13)2/h3-9H,10H2,1-2H3,(H,21,23,26). The summed E-state index contributed by atoms with van der Waals surface area (Å²) in [4.78, 5) is 12.2. The highest BCUT2D eigenvalue weighted by Gasteiger charge is 2.35. The van der Waals surface area contributed by atoms with Crippen LogP contribution in [-0.2, 0) is 19.8 Å². The molecule has 1 aromatic carbocycles. The summed E-state index contributed by atoms with van der Waals surface area (Å²) in [5.41, 5.74) is 0.870. The Morgan fingerprint density at radius 1 is 1.15 bits per heavy atom. The van der Waals surface area contributed by atoms with Gasteiger partial charge in [0.05, 0.1) is 6.54 Å². The van der Waals surface area contributed by atoms with Crippen molar-refractivity contribution in [3.63, 3.8) is 0 Å². The Kier molecular flexibility index (Phi) is 4.54. The van der Waals surface area contributed by atoms with Gasteiger partial charge in [0.25, 0.3) is 5.91 Å². The third-order valence-electron chi connectivity index (χ3n) is 3.75. The van der Waals surface area contributed by atoms with Crippen LogP contribution in [-0.4, -0.2) is 25.5 Å². The van der Waals surface area contributed by atoms with Crippen LogP contribution >= 0.6 is 0 Å². The molecule has 26 heavy (non-hydrogen) atoms. The second-order valence-electron chi connectivity index (χ2n) is 5.87. The molecule has 3 rings (SSSR count). The molecular weight excluding hydrogens is 347 g/mol. The molecule has 1 amide bonds. The Hall–Kier alpha value is -3.10. The maximum atomic E-state index is 12.7. The van der Waals surface area contributed by atoms with Crippen LogP contribution in [0, 0.1) is 6.92 Å². The van der Waals surface area contributed by atoms with E-state index in [-0.39, 0.29) is 11.5 Å². The van der Waals surface area contributed by atoms with Crippen molar-refractivity contribution in [3.05, 3.63) is 65.1 Å². The first-order chi connectivity index (χ1) is 12.2. The Balaban J connectivity index is 1.70. The first-order valence-corrected chi connectivity index (χ1v) is 7.74. The van der Waals surface area contributed by atoms with Gasteiger partial charge in [0.2, 0.25) is 0 Å². The molecule has 0 atom stereocenters. The maximum absolute atomic E-state index is 12.7. The molecule has 1 N–H and O–H groups in total. The van der Waals surface area contributed by atoms with Crippen LogP contribution in [0.25, 0.3) is 0 Å². The van der Waals surface area contributed by atoms with Crippen molar-refractivity contribution >= 4 is 11.7 Å². The van der Waals surface area contributed by atoms with E-state index in [0.717, 1.165) is 15.8 Å². The van der Waals surface area contributed by atoms with Gasteiger partial charge in [-0.25, -0.2) is 0 Å². The lowest BCUT2D eigenvalue weighted by atomic mass is 10.1. The zero-order valence-corrected chi connectivity index (χ0v) is 14.1. The lowest BCUT2D eigenvalue weighted by molar-refractivity contribution is -0.141. The number of rotatable bonds is 4. The maximum Gasteiger partial charge on any atom is 0.435 e. The Labute approximate surface area is 147 Å². The molecule has 2 heterocycles. The molecule has 2 aromatic heterocycles. The van der Waals surface area contributed by atoms with E-state index >= 15 is 0 Å². The normalized spacial score (nSPS) is 11.6. The van der Waals surface area contributed by atoms with Crippen LogP contribution < -0.4 is 5.32 Å². The van der Waals surface area contributed by atoms with Crippen LogP contribution in [0.2, 0.25) is 0 Å². The Bertz CT molecular complexity index is 925. The summed E-state index contributed by atoms with van der Waals surface area (Å²) in [6.45, 7) is 2.51. The summed E-state index contributed by atoms with van der Waals surface area (Å²) < 4.78 is 40.6. The summed E-state index contributed by atoms with van der Waals surface area (Å²) in [5.74, 6) is -0.465. The summed E-state index contributed by atoms with van der Waals surface area (Å²) >= 11 is 0. The van der Waals surface area contributed by atoms with Crippen molar-refractivity contribution in [1.82, 2.24) is 19.6 Å². The molecule has 6 nitrogen and oxygen atoms in total. The minimum atomic E-state index is -4.61. The smallest absolute Gasteiger partial charge is 0.304 e. The number of aryl methyl sites for hydroxylation is 2. The molecular formula is C17H16F3N5O. The average molecular weight is 363 g/mol. The number of nitrogens with one attached hydrogen (secondary N) is 1. The van der Waals surface area contributed by atoms with Gasteiger partial charge in [0.15, 0.2) is 11.5 Å². The molecule has 0 fully saturated rings. The van der Waals surface area contributed by atoms with Crippen molar-refractivity contribution in [2.45, 2.75) is 19.6 Å². The molecule has 9 heteroatoms. The number of hydrogen-bond acceptors (Lipinski definition) is 3. The summed E-state index contributed by atoms with van der Waals surface area (Å²) in [6, 6.07) is 10.2. The first kappa shape index (κ1) is 17.7. The zero-order valence-electron chi connectivity index (χ0n) is 14.1. The van der Waals surface area contributed by atoms with Gasteiger partial charge in [0.1, 0.15) is 5.69 Å². The highest BCUT2D eigenvalue weighted by atomic mass is 19.4. The van der Waals surface area contributed by atoms with Crippen molar-refractivity contribution in [2.24, 2.45) is 7.05 Å². The fourth-order valence-corrected chi connectivity index (χ4v) is 2.40. The first-order valence-electron chi connectivity index (χ1n) is 7.74. The number of amides is 1. The van der Waals surface area contributed by atoms with E-state index in [1.54, 1.807) is 16.9 Å². The fraction of sp³-hybridized carbons (Fsp3) is 0.235. The van der Waals surface area contributed by atoms with Crippen LogP contribution in [0.15, 0.2) is 42.6 Å². The average Bonchev–Trinajstić information content (AvgIpc) is 3.16. The van der Waals surface area contributed by atoms with Crippen LogP contribution in [0.4, 0.5) is 19.0 Å². The lowest BCUT2D eigenvalue weighted by Gasteiger charge is -2.03. The van der Waals surface area contributed by atoms with E-state index in [0.29, 0.717) is 12.6 Å². The summed E-state index contributed by atoms with van der Waals surface area (Å²) in [7, 11) is 1.28. The molecule has 0 aliphatic rings. The topological polar surface area (TPSA) is 64.7 Å². The van der Waals surface area contributed by atoms with Gasteiger partial charge >= 0.3 is 6.18 Å². The third-order valence-corrected chi connectivity index (χ3v) is 3.75. The molecule has 0 radical (unpaired) electrons. The predicted molar refractivity (Wildman–Crippen MR) is 88.7 cm³/mol. The number of carbonyl (C=O) groups is 1. The van der Waals surface area contributed by atoms with Crippen molar-refractivity contribution in [1.29, 1.82) is 0 Å². The van der Waals surface area contributed by atoms with Crippen molar-refractivity contribution in [2.75, 3.05) is 5.32 Å². The van der Waals surface area contributed by atoms with Gasteiger partial charge in [-0.2, -0.15) is 23.4 Å². The van der Waals surface area contributed by atoms with E-state index < -0.39 is 17.8 Å². The van der Waals surface area contributed by atoms with Crippen LogP contribution in [0.1, 0.15) is 27.3 Å². The second-order valence-corrected chi connectivity index (χ2v) is 5.87. The van der Waals surface area contributed by atoms with Gasteiger partial charge in [-0.05, 0) is 12.5 Å². The quantitative estimate of drug-likeness (QED) is 0.774. The van der Waals surface area contributed by atoms with E-state index in [1.165, 1.54) is 7.05 Å². The number of anilines is 1. The Morgan fingerprint density at radius 3 is 2.46 bits per heavy atom. The van der Waals surface area contributed by atoms with Crippen molar-refractivity contribution < 1.29 is 18.0 Å². The van der Waals surface area contributed by atoms with Crippen LogP contribution in [0.5, 0.6) is 0 Å². The van der Waals surface area contributed by atoms with Crippen LogP contribution in [0.3, 0.4) is 0 Å². The fourth-order valence-electron chi connectivity index (χ4n) is 2.40. The van der Waals surface area contributed by atoms with Gasteiger partial charge < -0.3 is 5.32 Å². The van der Waals surface area contributed by atoms with E-state index in [1.807, 2.05) is 31.2 Å². The van der Waals surface area contributed by atoms with Crippen molar-refractivity contribution in [3.8, 4) is 0 Å². The van der Waals surface area contributed by atoms with E-state index in [2.05, 4.69) is 15.5 Å². The predicted octanol–water partition coefficient (Wildman–Crippen LogP) is 3.24. The number of carbonyl (C=O) groups excluding carboxylic acids is 1. The number of halogens is 3.